The van der Waals surface area contributed by atoms with Gasteiger partial charge in [-0.05, 0) is 55.3 Å². The molecule has 2 rings (SSSR count). The number of hydrogen-bond donors (Lipinski definition) is 2. The van der Waals surface area contributed by atoms with Gasteiger partial charge in [-0.3, -0.25) is 4.79 Å². The number of nitrogen functional groups attached to an aromatic ring is 1. The number of nitrogens with two attached hydrogens (primary N) is 1. The molecule has 2 aromatic rings. The standard InChI is InChI=1S/C16H18N2OS/c1-10-4-6-13(8-11(10)2)20-15-9-12(17)5-7-14(15)16(19)18-3/h4-9H,17H2,1-3H3,(H,18,19). The highest BCUT2D eigenvalue weighted by Crippen LogP contribution is 2.32. The third-order valence-electron chi connectivity index (χ3n) is 3.18. The summed E-state index contributed by atoms with van der Waals surface area (Å²) in [5.41, 5.74) is 9.63. The Morgan fingerprint density at radius 3 is 2.50 bits per heavy atom. The maximum Gasteiger partial charge on any atom is 0.252 e. The summed E-state index contributed by atoms with van der Waals surface area (Å²) in [6, 6.07) is 11.6. The number of aryl methyl sites for hydroxylation is 2. The van der Waals surface area contributed by atoms with Gasteiger partial charge >= 0.3 is 0 Å². The average molecular weight is 286 g/mol. The van der Waals surface area contributed by atoms with Crippen LogP contribution in [0.5, 0.6) is 0 Å². The van der Waals surface area contributed by atoms with E-state index in [9.17, 15) is 4.79 Å². The van der Waals surface area contributed by atoms with Crippen molar-refractivity contribution in [3.8, 4) is 0 Å². The van der Waals surface area contributed by atoms with Crippen LogP contribution in [0.3, 0.4) is 0 Å². The van der Waals surface area contributed by atoms with E-state index in [4.69, 9.17) is 5.73 Å². The molecule has 0 aliphatic carbocycles. The van der Waals surface area contributed by atoms with E-state index < -0.39 is 0 Å². The Kier molecular flexibility index (Phi) is 4.35. The molecule has 2 aromatic carbocycles. The Bertz CT molecular complexity index is 653. The monoisotopic (exact) mass is 286 g/mol. The zero-order chi connectivity index (χ0) is 14.7. The van der Waals surface area contributed by atoms with Crippen molar-refractivity contribution in [3.63, 3.8) is 0 Å². The number of amides is 1. The average Bonchev–Trinajstić information content (AvgIpc) is 2.42. The molecule has 0 atom stereocenters. The summed E-state index contributed by atoms with van der Waals surface area (Å²) in [6.45, 7) is 4.17. The van der Waals surface area contributed by atoms with Crippen molar-refractivity contribution in [1.29, 1.82) is 0 Å². The highest BCUT2D eigenvalue weighted by atomic mass is 32.2. The Hall–Kier alpha value is -1.94. The molecule has 0 saturated heterocycles. The van der Waals surface area contributed by atoms with Crippen LogP contribution in [0.4, 0.5) is 5.69 Å². The number of benzene rings is 2. The number of rotatable bonds is 3. The van der Waals surface area contributed by atoms with Gasteiger partial charge in [-0.1, -0.05) is 17.8 Å². The largest absolute Gasteiger partial charge is 0.399 e. The SMILES string of the molecule is CNC(=O)c1ccc(N)cc1Sc1ccc(C)c(C)c1. The van der Waals surface area contributed by atoms with Crippen LogP contribution >= 0.6 is 11.8 Å². The molecule has 0 aromatic heterocycles. The van der Waals surface area contributed by atoms with Gasteiger partial charge in [0.1, 0.15) is 0 Å². The van der Waals surface area contributed by atoms with E-state index in [-0.39, 0.29) is 5.91 Å². The van der Waals surface area contributed by atoms with Gasteiger partial charge in [0.05, 0.1) is 5.56 Å². The van der Waals surface area contributed by atoms with Crippen LogP contribution in [-0.4, -0.2) is 13.0 Å². The summed E-state index contributed by atoms with van der Waals surface area (Å²) < 4.78 is 0. The molecule has 0 radical (unpaired) electrons. The van der Waals surface area contributed by atoms with E-state index in [2.05, 4.69) is 37.4 Å². The van der Waals surface area contributed by atoms with E-state index in [0.717, 1.165) is 9.79 Å². The first kappa shape index (κ1) is 14.5. The van der Waals surface area contributed by atoms with Gasteiger partial charge in [0.25, 0.3) is 5.91 Å². The Morgan fingerprint density at radius 2 is 1.85 bits per heavy atom. The molecular weight excluding hydrogens is 268 g/mol. The van der Waals surface area contributed by atoms with Gasteiger partial charge in [0.15, 0.2) is 0 Å². The van der Waals surface area contributed by atoms with Crippen LogP contribution in [0.25, 0.3) is 0 Å². The zero-order valence-electron chi connectivity index (χ0n) is 11.9. The highest BCUT2D eigenvalue weighted by Gasteiger charge is 2.11. The quantitative estimate of drug-likeness (QED) is 0.850. The second-order valence-corrected chi connectivity index (χ2v) is 5.80. The normalized spacial score (nSPS) is 10.3. The molecule has 0 aliphatic heterocycles. The fraction of sp³-hybridized carbons (Fsp3) is 0.188. The molecule has 0 unspecified atom stereocenters. The van der Waals surface area contributed by atoms with Gasteiger partial charge in [-0.2, -0.15) is 0 Å². The molecule has 20 heavy (non-hydrogen) atoms. The lowest BCUT2D eigenvalue weighted by Crippen LogP contribution is -2.18. The predicted molar refractivity (Wildman–Crippen MR) is 84.3 cm³/mol. The first-order valence-electron chi connectivity index (χ1n) is 6.38. The second kappa shape index (κ2) is 6.01. The van der Waals surface area contributed by atoms with Crippen molar-refractivity contribution in [2.24, 2.45) is 0 Å². The molecule has 0 heterocycles. The van der Waals surface area contributed by atoms with Crippen molar-refractivity contribution in [3.05, 3.63) is 53.1 Å². The molecule has 3 N–H and O–H groups in total. The Morgan fingerprint density at radius 1 is 1.10 bits per heavy atom. The number of carbonyl (C=O) groups is 1. The summed E-state index contributed by atoms with van der Waals surface area (Å²) in [7, 11) is 1.63. The number of anilines is 1. The fourth-order valence-electron chi connectivity index (χ4n) is 1.85. The van der Waals surface area contributed by atoms with Crippen LogP contribution < -0.4 is 11.1 Å². The third kappa shape index (κ3) is 3.14. The summed E-state index contributed by atoms with van der Waals surface area (Å²) in [6.07, 6.45) is 0. The van der Waals surface area contributed by atoms with Crippen molar-refractivity contribution < 1.29 is 4.79 Å². The van der Waals surface area contributed by atoms with Crippen molar-refractivity contribution >= 4 is 23.4 Å². The zero-order valence-corrected chi connectivity index (χ0v) is 12.7. The first-order valence-corrected chi connectivity index (χ1v) is 7.19. The van der Waals surface area contributed by atoms with E-state index in [1.807, 2.05) is 6.07 Å². The molecule has 4 heteroatoms. The van der Waals surface area contributed by atoms with Crippen molar-refractivity contribution in [1.82, 2.24) is 5.32 Å². The molecule has 0 saturated carbocycles. The molecular formula is C16H18N2OS. The van der Waals surface area contributed by atoms with Crippen molar-refractivity contribution in [2.45, 2.75) is 23.6 Å². The van der Waals surface area contributed by atoms with Gasteiger partial charge < -0.3 is 11.1 Å². The molecule has 104 valence electrons. The van der Waals surface area contributed by atoms with Gasteiger partial charge in [-0.15, -0.1) is 0 Å². The van der Waals surface area contributed by atoms with E-state index in [1.165, 1.54) is 11.1 Å². The van der Waals surface area contributed by atoms with Gasteiger partial charge in [0, 0.05) is 22.5 Å². The van der Waals surface area contributed by atoms with E-state index >= 15 is 0 Å². The number of carbonyl (C=O) groups excluding carboxylic acids is 1. The Balaban J connectivity index is 2.38. The minimum atomic E-state index is -0.101. The summed E-state index contributed by atoms with van der Waals surface area (Å²) in [5.74, 6) is -0.101. The predicted octanol–water partition coefficient (Wildman–Crippen LogP) is 3.40. The fourth-order valence-corrected chi connectivity index (χ4v) is 2.94. The molecule has 3 nitrogen and oxygen atoms in total. The first-order chi connectivity index (χ1) is 9.51. The Labute approximate surface area is 123 Å². The molecule has 0 fully saturated rings. The lowest BCUT2D eigenvalue weighted by atomic mass is 10.1. The molecule has 0 spiro atoms. The number of hydrogen-bond acceptors (Lipinski definition) is 3. The maximum atomic E-state index is 11.9. The van der Waals surface area contributed by atoms with Gasteiger partial charge in [-0.25, -0.2) is 0 Å². The smallest absolute Gasteiger partial charge is 0.252 e. The maximum absolute atomic E-state index is 11.9. The minimum absolute atomic E-state index is 0.101. The third-order valence-corrected chi connectivity index (χ3v) is 4.23. The summed E-state index contributed by atoms with van der Waals surface area (Å²) in [5, 5.41) is 2.65. The molecule has 0 aliphatic rings. The lowest BCUT2D eigenvalue weighted by molar-refractivity contribution is 0.0960. The minimum Gasteiger partial charge on any atom is -0.399 e. The summed E-state index contributed by atoms with van der Waals surface area (Å²) >= 11 is 1.55. The van der Waals surface area contributed by atoms with Gasteiger partial charge in [0.2, 0.25) is 0 Å². The van der Waals surface area contributed by atoms with Crippen LogP contribution in [0, 0.1) is 13.8 Å². The van der Waals surface area contributed by atoms with E-state index in [1.54, 1.807) is 30.9 Å². The summed E-state index contributed by atoms with van der Waals surface area (Å²) in [4.78, 5) is 13.9. The van der Waals surface area contributed by atoms with Crippen LogP contribution in [0.2, 0.25) is 0 Å². The van der Waals surface area contributed by atoms with Crippen molar-refractivity contribution in [2.75, 3.05) is 12.8 Å². The topological polar surface area (TPSA) is 55.1 Å². The molecule has 1 amide bonds. The molecule has 0 bridgehead atoms. The van der Waals surface area contributed by atoms with E-state index in [0.29, 0.717) is 11.3 Å². The van der Waals surface area contributed by atoms with Crippen LogP contribution in [-0.2, 0) is 0 Å². The lowest BCUT2D eigenvalue weighted by Gasteiger charge is -2.10. The highest BCUT2D eigenvalue weighted by molar-refractivity contribution is 7.99. The second-order valence-electron chi connectivity index (χ2n) is 4.68. The van der Waals surface area contributed by atoms with Crippen LogP contribution in [0.15, 0.2) is 46.2 Å². The van der Waals surface area contributed by atoms with Crippen LogP contribution in [0.1, 0.15) is 21.5 Å². The number of nitrogens with one attached hydrogen (secondary N) is 1.